The number of hydrogen-bond donors (Lipinski definition) is 1. The highest BCUT2D eigenvalue weighted by Gasteiger charge is 2.18. The fourth-order valence-electron chi connectivity index (χ4n) is 3.32. The quantitative estimate of drug-likeness (QED) is 0.879. The molecule has 1 saturated heterocycles. The van der Waals surface area contributed by atoms with Crippen molar-refractivity contribution in [2.24, 2.45) is 7.05 Å². The SMILES string of the molecule is Cc1nc([C@@H]2CCCNC2)cc(N(C)CCCc2cnn(C)c2)n1. The van der Waals surface area contributed by atoms with Crippen LogP contribution in [0.15, 0.2) is 18.5 Å². The largest absolute Gasteiger partial charge is 0.360 e. The van der Waals surface area contributed by atoms with E-state index in [-0.39, 0.29) is 0 Å². The van der Waals surface area contributed by atoms with E-state index in [0.717, 1.165) is 44.1 Å². The molecule has 1 N–H and O–H groups in total. The minimum atomic E-state index is 0.517. The maximum Gasteiger partial charge on any atom is 0.132 e. The van der Waals surface area contributed by atoms with Crippen LogP contribution < -0.4 is 10.2 Å². The van der Waals surface area contributed by atoms with E-state index in [4.69, 9.17) is 0 Å². The Balaban J connectivity index is 1.61. The summed E-state index contributed by atoms with van der Waals surface area (Å²) in [5, 5.41) is 7.70. The van der Waals surface area contributed by atoms with Gasteiger partial charge in [-0.05, 0) is 44.7 Å². The second kappa shape index (κ2) is 7.75. The fourth-order valence-corrected chi connectivity index (χ4v) is 3.32. The lowest BCUT2D eigenvalue weighted by Crippen LogP contribution is -2.29. The smallest absolute Gasteiger partial charge is 0.132 e. The van der Waals surface area contributed by atoms with Crippen molar-refractivity contribution in [2.75, 3.05) is 31.6 Å². The number of anilines is 1. The van der Waals surface area contributed by atoms with E-state index in [1.807, 2.05) is 24.9 Å². The van der Waals surface area contributed by atoms with Crippen LogP contribution in [0.3, 0.4) is 0 Å². The van der Waals surface area contributed by atoms with Gasteiger partial charge in [0, 0.05) is 45.4 Å². The fraction of sp³-hybridized carbons (Fsp3) is 0.611. The Morgan fingerprint density at radius 1 is 1.38 bits per heavy atom. The summed E-state index contributed by atoms with van der Waals surface area (Å²) in [6.45, 7) is 5.13. The first-order valence-corrected chi connectivity index (χ1v) is 8.87. The van der Waals surface area contributed by atoms with Gasteiger partial charge in [0.15, 0.2) is 0 Å². The Bertz CT molecular complexity index is 659. The molecule has 0 aromatic carbocycles. The summed E-state index contributed by atoms with van der Waals surface area (Å²) in [6, 6.07) is 2.18. The maximum atomic E-state index is 4.68. The van der Waals surface area contributed by atoms with Gasteiger partial charge in [-0.15, -0.1) is 0 Å². The second-order valence-electron chi connectivity index (χ2n) is 6.79. The average Bonchev–Trinajstić information content (AvgIpc) is 3.00. The molecule has 1 aliphatic rings. The van der Waals surface area contributed by atoms with Crippen LogP contribution in [0.5, 0.6) is 0 Å². The highest BCUT2D eigenvalue weighted by atomic mass is 15.2. The van der Waals surface area contributed by atoms with Gasteiger partial charge in [-0.3, -0.25) is 4.68 Å². The van der Waals surface area contributed by atoms with Crippen LogP contribution >= 0.6 is 0 Å². The van der Waals surface area contributed by atoms with Crippen LogP contribution in [0.1, 0.15) is 42.3 Å². The maximum absolute atomic E-state index is 4.68. The first-order valence-electron chi connectivity index (χ1n) is 8.87. The molecule has 3 heterocycles. The van der Waals surface area contributed by atoms with Gasteiger partial charge in [0.25, 0.3) is 0 Å². The van der Waals surface area contributed by atoms with Gasteiger partial charge in [-0.2, -0.15) is 5.10 Å². The first kappa shape index (κ1) is 16.9. The van der Waals surface area contributed by atoms with E-state index in [1.54, 1.807) is 0 Å². The number of aromatic nitrogens is 4. The van der Waals surface area contributed by atoms with Gasteiger partial charge < -0.3 is 10.2 Å². The van der Waals surface area contributed by atoms with Crippen LogP contribution in [-0.2, 0) is 13.5 Å². The minimum absolute atomic E-state index is 0.517. The van der Waals surface area contributed by atoms with Crippen molar-refractivity contribution in [3.05, 3.63) is 35.5 Å². The molecule has 1 aliphatic heterocycles. The number of hydrogen-bond acceptors (Lipinski definition) is 5. The van der Waals surface area contributed by atoms with Gasteiger partial charge in [0.2, 0.25) is 0 Å². The standard InChI is InChI=1S/C18H28N6/c1-14-21-17(16-7-4-8-19-12-16)10-18(22-14)23(2)9-5-6-15-11-20-24(3)13-15/h10-11,13,16,19H,4-9,12H2,1-3H3/t16-/m1/s1. The molecule has 0 saturated carbocycles. The van der Waals surface area contributed by atoms with Gasteiger partial charge in [0.05, 0.1) is 11.9 Å². The summed E-state index contributed by atoms with van der Waals surface area (Å²) < 4.78 is 1.86. The number of aryl methyl sites for hydroxylation is 3. The Morgan fingerprint density at radius 3 is 2.96 bits per heavy atom. The topological polar surface area (TPSA) is 58.9 Å². The van der Waals surface area contributed by atoms with E-state index in [1.165, 1.54) is 24.1 Å². The van der Waals surface area contributed by atoms with Crippen molar-refractivity contribution < 1.29 is 0 Å². The molecule has 6 heteroatoms. The lowest BCUT2D eigenvalue weighted by atomic mass is 9.96. The van der Waals surface area contributed by atoms with E-state index >= 15 is 0 Å². The Labute approximate surface area is 144 Å². The number of piperidine rings is 1. The highest BCUT2D eigenvalue weighted by Crippen LogP contribution is 2.24. The monoisotopic (exact) mass is 328 g/mol. The van der Waals surface area contributed by atoms with E-state index in [9.17, 15) is 0 Å². The average molecular weight is 328 g/mol. The second-order valence-corrected chi connectivity index (χ2v) is 6.79. The van der Waals surface area contributed by atoms with E-state index in [0.29, 0.717) is 5.92 Å². The summed E-state index contributed by atoms with van der Waals surface area (Å²) in [6.07, 6.45) is 8.61. The zero-order valence-electron chi connectivity index (χ0n) is 15.0. The van der Waals surface area contributed by atoms with Crippen LogP contribution in [0.2, 0.25) is 0 Å². The van der Waals surface area contributed by atoms with Crippen LogP contribution in [0.4, 0.5) is 5.82 Å². The molecule has 2 aromatic rings. The number of nitrogens with zero attached hydrogens (tertiary/aromatic N) is 5. The van der Waals surface area contributed by atoms with Crippen molar-refractivity contribution in [3.63, 3.8) is 0 Å². The summed E-state index contributed by atoms with van der Waals surface area (Å²) in [4.78, 5) is 11.6. The Morgan fingerprint density at radius 2 is 2.25 bits per heavy atom. The molecule has 0 radical (unpaired) electrons. The van der Waals surface area contributed by atoms with Crippen molar-refractivity contribution in [3.8, 4) is 0 Å². The van der Waals surface area contributed by atoms with Gasteiger partial charge >= 0.3 is 0 Å². The molecule has 130 valence electrons. The third kappa shape index (κ3) is 4.32. The molecule has 0 bridgehead atoms. The highest BCUT2D eigenvalue weighted by molar-refractivity contribution is 5.40. The molecule has 24 heavy (non-hydrogen) atoms. The van der Waals surface area contributed by atoms with Crippen LogP contribution in [-0.4, -0.2) is 46.4 Å². The lowest BCUT2D eigenvalue weighted by molar-refractivity contribution is 0.453. The lowest BCUT2D eigenvalue weighted by Gasteiger charge is -2.24. The molecule has 0 amide bonds. The molecule has 1 atom stereocenters. The molecule has 0 aliphatic carbocycles. The zero-order valence-corrected chi connectivity index (χ0v) is 15.0. The third-order valence-corrected chi connectivity index (χ3v) is 4.67. The minimum Gasteiger partial charge on any atom is -0.360 e. The molecular formula is C18H28N6. The van der Waals surface area contributed by atoms with Crippen molar-refractivity contribution >= 4 is 5.82 Å². The van der Waals surface area contributed by atoms with Crippen LogP contribution in [0, 0.1) is 6.92 Å². The van der Waals surface area contributed by atoms with E-state index < -0.39 is 0 Å². The Kier molecular flexibility index (Phi) is 5.45. The normalized spacial score (nSPS) is 17.9. The molecule has 0 spiro atoms. The summed E-state index contributed by atoms with van der Waals surface area (Å²) in [5.41, 5.74) is 2.47. The summed E-state index contributed by atoms with van der Waals surface area (Å²) in [7, 11) is 4.08. The number of rotatable bonds is 6. The van der Waals surface area contributed by atoms with Crippen LogP contribution in [0.25, 0.3) is 0 Å². The van der Waals surface area contributed by atoms with Gasteiger partial charge in [0.1, 0.15) is 11.6 Å². The van der Waals surface area contributed by atoms with E-state index in [2.05, 4.69) is 44.6 Å². The van der Waals surface area contributed by atoms with Crippen molar-refractivity contribution in [1.29, 1.82) is 0 Å². The molecule has 3 rings (SSSR count). The molecule has 1 fully saturated rings. The number of nitrogens with one attached hydrogen (secondary N) is 1. The first-order chi connectivity index (χ1) is 11.6. The Hall–Kier alpha value is -1.95. The van der Waals surface area contributed by atoms with Gasteiger partial charge in [-0.25, -0.2) is 9.97 Å². The van der Waals surface area contributed by atoms with Crippen molar-refractivity contribution in [2.45, 2.75) is 38.5 Å². The summed E-state index contributed by atoms with van der Waals surface area (Å²) >= 11 is 0. The molecule has 0 unspecified atom stereocenters. The van der Waals surface area contributed by atoms with Gasteiger partial charge in [-0.1, -0.05) is 0 Å². The molecule has 2 aromatic heterocycles. The predicted molar refractivity (Wildman–Crippen MR) is 96.4 cm³/mol. The van der Waals surface area contributed by atoms with Crippen molar-refractivity contribution in [1.82, 2.24) is 25.1 Å². The third-order valence-electron chi connectivity index (χ3n) is 4.67. The molecular weight excluding hydrogens is 300 g/mol. The molecule has 6 nitrogen and oxygen atoms in total. The zero-order chi connectivity index (χ0) is 16.9. The summed E-state index contributed by atoms with van der Waals surface area (Å²) in [5.74, 6) is 2.42. The predicted octanol–water partition coefficient (Wildman–Crippen LogP) is 2.05.